The summed E-state index contributed by atoms with van der Waals surface area (Å²) in [6.45, 7) is 8.42. The van der Waals surface area contributed by atoms with E-state index >= 15 is 0 Å². The van der Waals surface area contributed by atoms with Crippen molar-refractivity contribution in [2.24, 2.45) is 5.92 Å². The van der Waals surface area contributed by atoms with Crippen LogP contribution in [0, 0.1) is 5.92 Å². The zero-order valence-corrected chi connectivity index (χ0v) is 9.79. The Morgan fingerprint density at radius 1 is 1.43 bits per heavy atom. The van der Waals surface area contributed by atoms with Gasteiger partial charge in [0.1, 0.15) is 6.10 Å². The highest BCUT2D eigenvalue weighted by molar-refractivity contribution is 4.76. The Hall–Kier alpha value is -0.0800. The van der Waals surface area contributed by atoms with Crippen LogP contribution in [0.25, 0.3) is 0 Å². The maximum Gasteiger partial charge on any atom is 0.107 e. The lowest BCUT2D eigenvalue weighted by atomic mass is 10.0. The molecule has 1 aliphatic rings. The number of rotatable bonds is 8. The van der Waals surface area contributed by atoms with Crippen molar-refractivity contribution in [1.29, 1.82) is 0 Å². The molecule has 0 aromatic carbocycles. The van der Waals surface area contributed by atoms with E-state index < -0.39 is 0 Å². The predicted octanol–water partition coefficient (Wildman–Crippen LogP) is 3.01. The van der Waals surface area contributed by atoms with Crippen molar-refractivity contribution < 1.29 is 9.47 Å². The fourth-order valence-electron chi connectivity index (χ4n) is 1.62. The van der Waals surface area contributed by atoms with E-state index in [4.69, 9.17) is 9.47 Å². The monoisotopic (exact) mass is 200 g/mol. The lowest BCUT2D eigenvalue weighted by Crippen LogP contribution is -2.20. The number of hydrogen-bond donors (Lipinski definition) is 0. The number of ether oxygens (including phenoxy) is 2. The highest BCUT2D eigenvalue weighted by Crippen LogP contribution is 2.19. The molecular weight excluding hydrogens is 176 g/mol. The molecule has 0 aromatic heterocycles. The van der Waals surface area contributed by atoms with Crippen LogP contribution < -0.4 is 0 Å². The van der Waals surface area contributed by atoms with Crippen LogP contribution in [0.1, 0.15) is 46.5 Å². The molecule has 84 valence electrons. The van der Waals surface area contributed by atoms with E-state index in [2.05, 4.69) is 20.8 Å². The largest absolute Gasteiger partial charge is 0.375 e. The molecule has 1 heterocycles. The van der Waals surface area contributed by atoms with Crippen molar-refractivity contribution in [3.63, 3.8) is 0 Å². The van der Waals surface area contributed by atoms with Crippen LogP contribution in [-0.2, 0) is 9.47 Å². The van der Waals surface area contributed by atoms with Crippen LogP contribution in [0.15, 0.2) is 0 Å². The van der Waals surface area contributed by atoms with Gasteiger partial charge in [0, 0.05) is 6.61 Å². The first-order valence-corrected chi connectivity index (χ1v) is 6.01. The zero-order valence-electron chi connectivity index (χ0n) is 9.79. The normalized spacial score (nSPS) is 24.6. The summed E-state index contributed by atoms with van der Waals surface area (Å²) in [5.41, 5.74) is 0. The summed E-state index contributed by atoms with van der Waals surface area (Å²) < 4.78 is 11.0. The van der Waals surface area contributed by atoms with Crippen LogP contribution in [0.4, 0.5) is 0 Å². The summed E-state index contributed by atoms with van der Waals surface area (Å²) in [5.74, 6) is 0.746. The molecule has 2 nitrogen and oxygen atoms in total. The quantitative estimate of drug-likeness (QED) is 0.562. The molecule has 0 N–H and O–H groups in total. The standard InChI is InChI=1S/C12H24O2/c1-4-6-7-11(5-2)8-13-10(3)12-9-14-12/h10-12H,4-9H2,1-3H3. The van der Waals surface area contributed by atoms with Gasteiger partial charge in [-0.3, -0.25) is 0 Å². The second-order valence-electron chi connectivity index (χ2n) is 4.33. The molecule has 0 amide bonds. The van der Waals surface area contributed by atoms with Crippen LogP contribution in [-0.4, -0.2) is 25.4 Å². The molecule has 0 radical (unpaired) electrons. The molecule has 0 aliphatic carbocycles. The molecular formula is C12H24O2. The van der Waals surface area contributed by atoms with E-state index in [1.165, 1.54) is 25.7 Å². The molecule has 0 bridgehead atoms. The maximum atomic E-state index is 5.79. The lowest BCUT2D eigenvalue weighted by Gasteiger charge is -2.17. The van der Waals surface area contributed by atoms with Gasteiger partial charge >= 0.3 is 0 Å². The predicted molar refractivity (Wildman–Crippen MR) is 58.5 cm³/mol. The molecule has 1 rings (SSSR count). The van der Waals surface area contributed by atoms with E-state index in [0.29, 0.717) is 12.2 Å². The molecule has 0 aromatic rings. The molecule has 3 atom stereocenters. The van der Waals surface area contributed by atoms with Crippen molar-refractivity contribution in [1.82, 2.24) is 0 Å². The summed E-state index contributed by atoms with van der Waals surface area (Å²) in [5, 5.41) is 0. The second kappa shape index (κ2) is 6.41. The summed E-state index contributed by atoms with van der Waals surface area (Å²) in [4.78, 5) is 0. The number of hydrogen-bond acceptors (Lipinski definition) is 2. The average Bonchev–Trinajstić information content (AvgIpc) is 3.01. The minimum absolute atomic E-state index is 0.297. The Labute approximate surface area is 88.0 Å². The van der Waals surface area contributed by atoms with Crippen molar-refractivity contribution in [2.75, 3.05) is 13.2 Å². The van der Waals surface area contributed by atoms with Crippen LogP contribution in [0.5, 0.6) is 0 Å². The molecule has 0 saturated carbocycles. The van der Waals surface area contributed by atoms with Gasteiger partial charge in [0.25, 0.3) is 0 Å². The van der Waals surface area contributed by atoms with Gasteiger partial charge < -0.3 is 9.47 Å². The van der Waals surface area contributed by atoms with E-state index in [1.54, 1.807) is 0 Å². The van der Waals surface area contributed by atoms with E-state index in [1.807, 2.05) is 0 Å². The summed E-state index contributed by atoms with van der Waals surface area (Å²) >= 11 is 0. The Balaban J connectivity index is 2.06. The van der Waals surface area contributed by atoms with Gasteiger partial charge in [0.15, 0.2) is 0 Å². The highest BCUT2D eigenvalue weighted by atomic mass is 16.6. The summed E-state index contributed by atoms with van der Waals surface area (Å²) in [7, 11) is 0. The van der Waals surface area contributed by atoms with Gasteiger partial charge in [0.2, 0.25) is 0 Å². The van der Waals surface area contributed by atoms with Gasteiger partial charge in [-0.25, -0.2) is 0 Å². The van der Waals surface area contributed by atoms with Crippen molar-refractivity contribution in [2.45, 2.75) is 58.7 Å². The molecule has 14 heavy (non-hydrogen) atoms. The summed E-state index contributed by atoms with van der Waals surface area (Å²) in [6, 6.07) is 0. The van der Waals surface area contributed by atoms with Gasteiger partial charge in [-0.1, -0.05) is 33.1 Å². The first kappa shape index (κ1) is 12.0. The van der Waals surface area contributed by atoms with Gasteiger partial charge in [-0.05, 0) is 19.3 Å². The van der Waals surface area contributed by atoms with E-state index in [0.717, 1.165) is 19.1 Å². The van der Waals surface area contributed by atoms with Crippen LogP contribution >= 0.6 is 0 Å². The minimum Gasteiger partial charge on any atom is -0.375 e. The maximum absolute atomic E-state index is 5.79. The highest BCUT2D eigenvalue weighted by Gasteiger charge is 2.30. The van der Waals surface area contributed by atoms with Crippen molar-refractivity contribution >= 4 is 0 Å². The number of unbranched alkanes of at least 4 members (excludes halogenated alkanes) is 1. The average molecular weight is 200 g/mol. The minimum atomic E-state index is 0.297. The summed E-state index contributed by atoms with van der Waals surface area (Å²) in [6.07, 6.45) is 5.85. The zero-order chi connectivity index (χ0) is 10.4. The smallest absolute Gasteiger partial charge is 0.107 e. The molecule has 1 fully saturated rings. The Bertz CT molecular complexity index is 143. The number of epoxide rings is 1. The van der Waals surface area contributed by atoms with E-state index in [9.17, 15) is 0 Å². The SMILES string of the molecule is CCCCC(CC)COC(C)C1CO1. The Kier molecular flexibility index (Phi) is 5.49. The van der Waals surface area contributed by atoms with Gasteiger partial charge in [0.05, 0.1) is 12.7 Å². The third-order valence-electron chi connectivity index (χ3n) is 3.02. The van der Waals surface area contributed by atoms with Crippen LogP contribution in [0.2, 0.25) is 0 Å². The fraction of sp³-hybridized carbons (Fsp3) is 1.00. The van der Waals surface area contributed by atoms with Gasteiger partial charge in [-0.15, -0.1) is 0 Å². The topological polar surface area (TPSA) is 21.8 Å². The van der Waals surface area contributed by atoms with Gasteiger partial charge in [-0.2, -0.15) is 0 Å². The molecule has 1 aliphatic heterocycles. The molecule has 3 unspecified atom stereocenters. The first-order valence-electron chi connectivity index (χ1n) is 6.01. The first-order chi connectivity index (χ1) is 6.77. The second-order valence-corrected chi connectivity index (χ2v) is 4.33. The van der Waals surface area contributed by atoms with Crippen molar-refractivity contribution in [3.05, 3.63) is 0 Å². The third kappa shape index (κ3) is 4.43. The Morgan fingerprint density at radius 3 is 2.64 bits per heavy atom. The Morgan fingerprint density at radius 2 is 2.14 bits per heavy atom. The lowest BCUT2D eigenvalue weighted by molar-refractivity contribution is 0.0206. The fourth-order valence-corrected chi connectivity index (χ4v) is 1.62. The van der Waals surface area contributed by atoms with Crippen LogP contribution in [0.3, 0.4) is 0 Å². The van der Waals surface area contributed by atoms with E-state index in [-0.39, 0.29) is 0 Å². The molecule has 1 saturated heterocycles. The molecule has 2 heteroatoms. The molecule has 0 spiro atoms. The van der Waals surface area contributed by atoms with Crippen molar-refractivity contribution in [3.8, 4) is 0 Å². The third-order valence-corrected chi connectivity index (χ3v) is 3.02.